The van der Waals surface area contributed by atoms with Crippen molar-refractivity contribution in [2.45, 2.75) is 12.8 Å². The lowest BCUT2D eigenvalue weighted by Gasteiger charge is -2.14. The number of primary amides is 1. The summed E-state index contributed by atoms with van der Waals surface area (Å²) in [5.74, 6) is -0.394. The predicted molar refractivity (Wildman–Crippen MR) is 73.5 cm³/mol. The Morgan fingerprint density at radius 2 is 1.95 bits per heavy atom. The number of halogens is 1. The Hall–Kier alpha value is -1.60. The van der Waals surface area contributed by atoms with Crippen LogP contribution in [0.3, 0.4) is 0 Å². The van der Waals surface area contributed by atoms with E-state index < -0.39 is 11.9 Å². The van der Waals surface area contributed by atoms with E-state index in [-0.39, 0.29) is 19.5 Å². The number of nitrogens with one attached hydrogen (secondary N) is 1. The van der Waals surface area contributed by atoms with Crippen molar-refractivity contribution in [1.82, 2.24) is 10.4 Å². The third kappa shape index (κ3) is 6.21. The van der Waals surface area contributed by atoms with E-state index >= 15 is 0 Å². The summed E-state index contributed by atoms with van der Waals surface area (Å²) in [5, 5.41) is 12.3. The molecule has 0 heterocycles. The molecule has 0 aromatic heterocycles. The SMILES string of the molecule is NC(=O)NCCN(O)C(=O)CCc1ccc(Br)cc1. The van der Waals surface area contributed by atoms with Crippen molar-refractivity contribution in [3.05, 3.63) is 34.3 Å². The van der Waals surface area contributed by atoms with Gasteiger partial charge < -0.3 is 11.1 Å². The predicted octanol–water partition coefficient (Wildman–Crippen LogP) is 1.27. The summed E-state index contributed by atoms with van der Waals surface area (Å²) in [6, 6.07) is 6.93. The summed E-state index contributed by atoms with van der Waals surface area (Å²) in [5.41, 5.74) is 5.88. The summed E-state index contributed by atoms with van der Waals surface area (Å²) in [6.45, 7) is 0.137. The van der Waals surface area contributed by atoms with Crippen LogP contribution in [0.2, 0.25) is 0 Å². The Morgan fingerprint density at radius 3 is 2.53 bits per heavy atom. The number of nitrogens with zero attached hydrogens (tertiary/aromatic N) is 1. The van der Waals surface area contributed by atoms with Gasteiger partial charge in [0.1, 0.15) is 0 Å². The van der Waals surface area contributed by atoms with Crippen molar-refractivity contribution in [3.8, 4) is 0 Å². The zero-order chi connectivity index (χ0) is 14.3. The Balaban J connectivity index is 2.30. The van der Waals surface area contributed by atoms with Crippen LogP contribution in [0.5, 0.6) is 0 Å². The van der Waals surface area contributed by atoms with Gasteiger partial charge in [0.05, 0.1) is 6.54 Å². The monoisotopic (exact) mass is 329 g/mol. The number of hydroxylamine groups is 2. The highest BCUT2D eigenvalue weighted by Gasteiger charge is 2.10. The maximum atomic E-state index is 11.6. The highest BCUT2D eigenvalue weighted by molar-refractivity contribution is 9.10. The molecule has 0 spiro atoms. The van der Waals surface area contributed by atoms with Crippen molar-refractivity contribution >= 4 is 27.9 Å². The van der Waals surface area contributed by atoms with Crippen LogP contribution in [0.15, 0.2) is 28.7 Å². The lowest BCUT2D eigenvalue weighted by atomic mass is 10.1. The Bertz CT molecular complexity index is 436. The third-order valence-corrected chi connectivity index (χ3v) is 2.98. The van der Waals surface area contributed by atoms with Gasteiger partial charge in [-0.25, -0.2) is 9.86 Å². The van der Waals surface area contributed by atoms with Gasteiger partial charge in [-0.3, -0.25) is 10.0 Å². The van der Waals surface area contributed by atoms with Gasteiger partial charge in [-0.1, -0.05) is 28.1 Å². The van der Waals surface area contributed by atoms with E-state index in [1.165, 1.54) is 0 Å². The lowest BCUT2D eigenvalue weighted by molar-refractivity contribution is -0.164. The molecule has 7 heteroatoms. The standard InChI is InChI=1S/C12H16BrN3O3/c13-10-4-1-9(2-5-10)3-6-11(17)16(19)8-7-15-12(14)18/h1-2,4-5,19H,3,6-8H2,(H3,14,15,18). The number of urea groups is 1. The second kappa shape index (κ2) is 7.75. The van der Waals surface area contributed by atoms with Gasteiger partial charge in [0.2, 0.25) is 5.91 Å². The molecule has 1 aromatic carbocycles. The number of aryl methyl sites for hydroxylation is 1. The molecular formula is C12H16BrN3O3. The van der Waals surface area contributed by atoms with E-state index in [2.05, 4.69) is 21.2 Å². The Morgan fingerprint density at radius 1 is 1.32 bits per heavy atom. The van der Waals surface area contributed by atoms with Gasteiger partial charge in [0, 0.05) is 17.4 Å². The van der Waals surface area contributed by atoms with Crippen molar-refractivity contribution < 1.29 is 14.8 Å². The Labute approximate surface area is 119 Å². The zero-order valence-electron chi connectivity index (χ0n) is 10.3. The number of amides is 3. The van der Waals surface area contributed by atoms with Crippen LogP contribution in [0.25, 0.3) is 0 Å². The van der Waals surface area contributed by atoms with Crippen molar-refractivity contribution in [2.75, 3.05) is 13.1 Å². The van der Waals surface area contributed by atoms with Gasteiger partial charge in [-0.15, -0.1) is 0 Å². The van der Waals surface area contributed by atoms with Gasteiger partial charge >= 0.3 is 6.03 Å². The molecule has 3 amide bonds. The molecule has 0 unspecified atom stereocenters. The average molecular weight is 330 g/mol. The molecule has 0 aliphatic rings. The maximum absolute atomic E-state index is 11.6. The molecule has 19 heavy (non-hydrogen) atoms. The molecule has 1 aromatic rings. The van der Waals surface area contributed by atoms with Crippen LogP contribution >= 0.6 is 15.9 Å². The van der Waals surface area contributed by atoms with E-state index in [1.807, 2.05) is 24.3 Å². The van der Waals surface area contributed by atoms with E-state index in [4.69, 9.17) is 5.73 Å². The molecule has 104 valence electrons. The summed E-state index contributed by atoms with van der Waals surface area (Å²) < 4.78 is 0.976. The topological polar surface area (TPSA) is 95.7 Å². The number of carbonyl (C=O) groups is 2. The maximum Gasteiger partial charge on any atom is 0.312 e. The molecule has 6 nitrogen and oxygen atoms in total. The average Bonchev–Trinajstić information content (AvgIpc) is 2.37. The number of carbonyl (C=O) groups excluding carboxylic acids is 2. The van der Waals surface area contributed by atoms with Crippen LogP contribution in [-0.4, -0.2) is 35.3 Å². The molecule has 0 aliphatic carbocycles. The van der Waals surface area contributed by atoms with Crippen molar-refractivity contribution in [3.63, 3.8) is 0 Å². The lowest BCUT2D eigenvalue weighted by Crippen LogP contribution is -2.38. The number of rotatable bonds is 6. The second-order valence-electron chi connectivity index (χ2n) is 3.93. The first-order chi connectivity index (χ1) is 8.99. The number of hydrogen-bond donors (Lipinski definition) is 3. The summed E-state index contributed by atoms with van der Waals surface area (Å²) >= 11 is 3.33. The smallest absolute Gasteiger partial charge is 0.312 e. The normalized spacial score (nSPS) is 10.0. The van der Waals surface area contributed by atoms with Gasteiger partial charge in [0.15, 0.2) is 0 Å². The molecular weight excluding hydrogens is 314 g/mol. The van der Waals surface area contributed by atoms with Crippen molar-refractivity contribution in [2.24, 2.45) is 5.73 Å². The molecule has 0 bridgehead atoms. The molecule has 0 saturated heterocycles. The molecule has 4 N–H and O–H groups in total. The van der Waals surface area contributed by atoms with Crippen LogP contribution in [-0.2, 0) is 11.2 Å². The quantitative estimate of drug-likeness (QED) is 0.541. The zero-order valence-corrected chi connectivity index (χ0v) is 11.9. The van der Waals surface area contributed by atoms with Crippen LogP contribution in [0, 0.1) is 0 Å². The van der Waals surface area contributed by atoms with E-state index in [9.17, 15) is 14.8 Å². The van der Waals surface area contributed by atoms with Gasteiger partial charge in [-0.05, 0) is 24.1 Å². The van der Waals surface area contributed by atoms with Crippen LogP contribution in [0.1, 0.15) is 12.0 Å². The summed E-state index contributed by atoms with van der Waals surface area (Å²) in [6.07, 6.45) is 0.751. The summed E-state index contributed by atoms with van der Waals surface area (Å²) in [7, 11) is 0. The first-order valence-electron chi connectivity index (χ1n) is 5.76. The Kier molecular flexibility index (Phi) is 6.31. The molecule has 0 atom stereocenters. The molecule has 0 saturated carbocycles. The second-order valence-corrected chi connectivity index (χ2v) is 4.85. The first-order valence-corrected chi connectivity index (χ1v) is 6.55. The van der Waals surface area contributed by atoms with E-state index in [1.54, 1.807) is 0 Å². The molecule has 0 radical (unpaired) electrons. The minimum Gasteiger partial charge on any atom is -0.352 e. The molecule has 0 aliphatic heterocycles. The van der Waals surface area contributed by atoms with Gasteiger partial charge in [-0.2, -0.15) is 0 Å². The fraction of sp³-hybridized carbons (Fsp3) is 0.333. The van der Waals surface area contributed by atoms with Crippen LogP contribution in [0.4, 0.5) is 4.79 Å². The molecule has 0 fully saturated rings. The van der Waals surface area contributed by atoms with E-state index in [0.29, 0.717) is 11.5 Å². The minimum atomic E-state index is -0.685. The molecule has 1 rings (SSSR count). The highest BCUT2D eigenvalue weighted by Crippen LogP contribution is 2.12. The largest absolute Gasteiger partial charge is 0.352 e. The van der Waals surface area contributed by atoms with Crippen molar-refractivity contribution in [1.29, 1.82) is 0 Å². The highest BCUT2D eigenvalue weighted by atomic mass is 79.9. The number of benzene rings is 1. The minimum absolute atomic E-state index is 0.0160. The fourth-order valence-electron chi connectivity index (χ4n) is 1.44. The van der Waals surface area contributed by atoms with Crippen LogP contribution < -0.4 is 11.1 Å². The van der Waals surface area contributed by atoms with E-state index in [0.717, 1.165) is 10.0 Å². The fourth-order valence-corrected chi connectivity index (χ4v) is 1.71. The third-order valence-electron chi connectivity index (χ3n) is 2.45. The summed E-state index contributed by atoms with van der Waals surface area (Å²) in [4.78, 5) is 22.0. The first kappa shape index (κ1) is 15.5. The van der Waals surface area contributed by atoms with Gasteiger partial charge in [0.25, 0.3) is 0 Å². The number of hydrogen-bond acceptors (Lipinski definition) is 3. The number of nitrogens with two attached hydrogens (primary N) is 1.